The first-order chi connectivity index (χ1) is 11.9. The summed E-state index contributed by atoms with van der Waals surface area (Å²) in [6.07, 6.45) is 0.899. The Hall–Kier alpha value is -3.02. The van der Waals surface area contributed by atoms with E-state index in [9.17, 15) is 14.7 Å². The lowest BCUT2D eigenvalue weighted by atomic mass is 10.1. The molecule has 25 heavy (non-hydrogen) atoms. The summed E-state index contributed by atoms with van der Waals surface area (Å²) < 4.78 is 5.11. The van der Waals surface area contributed by atoms with Crippen LogP contribution in [0.2, 0.25) is 0 Å². The second-order valence-corrected chi connectivity index (χ2v) is 5.62. The maximum absolute atomic E-state index is 12.1. The van der Waals surface area contributed by atoms with Gasteiger partial charge >= 0.3 is 11.8 Å². The molecule has 0 saturated heterocycles. The van der Waals surface area contributed by atoms with Gasteiger partial charge in [0.2, 0.25) is 0 Å². The molecule has 6 heteroatoms. The van der Waals surface area contributed by atoms with Crippen LogP contribution in [0, 0.1) is 0 Å². The number of phenolic OH excluding ortho intramolecular Hbond substituents is 1. The SMILES string of the molecule is CCc1ccc(NC(=O)C(=O)N[C@@H](C)c2cc(OC)ccc2O)cc1. The van der Waals surface area contributed by atoms with Crippen molar-refractivity contribution in [2.45, 2.75) is 26.3 Å². The molecular weight excluding hydrogens is 320 g/mol. The highest BCUT2D eigenvalue weighted by Crippen LogP contribution is 2.28. The van der Waals surface area contributed by atoms with Crippen LogP contribution in [0.25, 0.3) is 0 Å². The van der Waals surface area contributed by atoms with Gasteiger partial charge in [-0.05, 0) is 49.2 Å². The first-order valence-corrected chi connectivity index (χ1v) is 8.02. The Morgan fingerprint density at radius 3 is 2.40 bits per heavy atom. The van der Waals surface area contributed by atoms with E-state index >= 15 is 0 Å². The predicted molar refractivity (Wildman–Crippen MR) is 95.7 cm³/mol. The number of methoxy groups -OCH3 is 1. The minimum absolute atomic E-state index is 0.0177. The lowest BCUT2D eigenvalue weighted by Crippen LogP contribution is -2.36. The number of amides is 2. The van der Waals surface area contributed by atoms with Crippen molar-refractivity contribution in [1.82, 2.24) is 5.32 Å². The summed E-state index contributed by atoms with van der Waals surface area (Å²) in [6.45, 7) is 3.71. The van der Waals surface area contributed by atoms with Crippen molar-refractivity contribution >= 4 is 17.5 Å². The van der Waals surface area contributed by atoms with Crippen molar-refractivity contribution < 1.29 is 19.4 Å². The fraction of sp³-hybridized carbons (Fsp3) is 0.263. The largest absolute Gasteiger partial charge is 0.508 e. The molecule has 1 atom stereocenters. The van der Waals surface area contributed by atoms with Gasteiger partial charge in [-0.15, -0.1) is 0 Å². The fourth-order valence-electron chi connectivity index (χ4n) is 2.36. The highest BCUT2D eigenvalue weighted by Gasteiger charge is 2.19. The number of carbonyl (C=O) groups is 2. The molecule has 132 valence electrons. The summed E-state index contributed by atoms with van der Waals surface area (Å²) in [7, 11) is 1.51. The molecule has 2 amide bonds. The molecule has 2 aromatic rings. The molecule has 3 N–H and O–H groups in total. The van der Waals surface area contributed by atoms with Crippen molar-refractivity contribution in [2.24, 2.45) is 0 Å². The van der Waals surface area contributed by atoms with Gasteiger partial charge in [-0.3, -0.25) is 9.59 Å². The van der Waals surface area contributed by atoms with Gasteiger partial charge in [0.15, 0.2) is 0 Å². The number of ether oxygens (including phenoxy) is 1. The van der Waals surface area contributed by atoms with E-state index in [1.165, 1.54) is 13.2 Å². The lowest BCUT2D eigenvalue weighted by molar-refractivity contribution is -0.136. The number of nitrogens with one attached hydrogen (secondary N) is 2. The Labute approximate surface area is 146 Å². The zero-order valence-corrected chi connectivity index (χ0v) is 14.5. The highest BCUT2D eigenvalue weighted by molar-refractivity contribution is 6.39. The van der Waals surface area contributed by atoms with Crippen LogP contribution in [0.4, 0.5) is 5.69 Å². The van der Waals surface area contributed by atoms with E-state index in [-0.39, 0.29) is 5.75 Å². The molecule has 0 aromatic heterocycles. The van der Waals surface area contributed by atoms with Crippen molar-refractivity contribution in [2.75, 3.05) is 12.4 Å². The van der Waals surface area contributed by atoms with Gasteiger partial charge in [-0.25, -0.2) is 0 Å². The fourth-order valence-corrected chi connectivity index (χ4v) is 2.36. The van der Waals surface area contributed by atoms with E-state index in [1.807, 2.05) is 19.1 Å². The van der Waals surface area contributed by atoms with E-state index in [1.54, 1.807) is 31.2 Å². The topological polar surface area (TPSA) is 87.7 Å². The number of hydrogen-bond acceptors (Lipinski definition) is 4. The number of rotatable bonds is 5. The van der Waals surface area contributed by atoms with Crippen LogP contribution in [0.3, 0.4) is 0 Å². The van der Waals surface area contributed by atoms with Crippen LogP contribution < -0.4 is 15.4 Å². The molecular formula is C19H22N2O4. The Balaban J connectivity index is 2.01. The number of aromatic hydroxyl groups is 1. The third kappa shape index (κ3) is 4.73. The Morgan fingerprint density at radius 2 is 1.80 bits per heavy atom. The quantitative estimate of drug-likeness (QED) is 0.729. The van der Waals surface area contributed by atoms with Crippen molar-refractivity contribution in [3.8, 4) is 11.5 Å². The summed E-state index contributed by atoms with van der Waals surface area (Å²) in [6, 6.07) is 11.4. The maximum atomic E-state index is 12.1. The highest BCUT2D eigenvalue weighted by atomic mass is 16.5. The zero-order chi connectivity index (χ0) is 18.4. The van der Waals surface area contributed by atoms with Gasteiger partial charge in [-0.2, -0.15) is 0 Å². The molecule has 2 aromatic carbocycles. The number of anilines is 1. The van der Waals surface area contributed by atoms with E-state index in [2.05, 4.69) is 10.6 Å². The standard InChI is InChI=1S/C19H22N2O4/c1-4-13-5-7-14(8-6-13)21-19(24)18(23)20-12(2)16-11-15(25-3)9-10-17(16)22/h5-12,22H,4H2,1-3H3,(H,20,23)(H,21,24)/t12-/m0/s1. The van der Waals surface area contributed by atoms with Gasteiger partial charge in [0, 0.05) is 11.3 Å². The molecule has 0 fully saturated rings. The average Bonchev–Trinajstić information content (AvgIpc) is 2.62. The van der Waals surface area contributed by atoms with Gasteiger partial charge in [-0.1, -0.05) is 19.1 Å². The van der Waals surface area contributed by atoms with Crippen LogP contribution in [0.15, 0.2) is 42.5 Å². The first-order valence-electron chi connectivity index (χ1n) is 8.02. The van der Waals surface area contributed by atoms with Crippen LogP contribution in [0.1, 0.15) is 31.0 Å². The molecule has 6 nitrogen and oxygen atoms in total. The number of aryl methyl sites for hydroxylation is 1. The van der Waals surface area contributed by atoms with E-state index in [0.717, 1.165) is 12.0 Å². The second-order valence-electron chi connectivity index (χ2n) is 5.62. The molecule has 0 aliphatic rings. The number of phenols is 1. The monoisotopic (exact) mass is 342 g/mol. The normalized spacial score (nSPS) is 11.5. The maximum Gasteiger partial charge on any atom is 0.313 e. The summed E-state index contributed by atoms with van der Waals surface area (Å²) in [5.41, 5.74) is 2.16. The van der Waals surface area contributed by atoms with Crippen molar-refractivity contribution in [3.05, 3.63) is 53.6 Å². The van der Waals surface area contributed by atoms with Gasteiger partial charge in [0.1, 0.15) is 11.5 Å². The van der Waals surface area contributed by atoms with E-state index in [0.29, 0.717) is 17.0 Å². The van der Waals surface area contributed by atoms with Crippen molar-refractivity contribution in [3.63, 3.8) is 0 Å². The Kier molecular flexibility index (Phi) is 6.00. The van der Waals surface area contributed by atoms with Crippen LogP contribution in [-0.4, -0.2) is 24.0 Å². The van der Waals surface area contributed by atoms with Crippen LogP contribution in [0.5, 0.6) is 11.5 Å². The minimum atomic E-state index is -0.783. The van der Waals surface area contributed by atoms with Crippen LogP contribution >= 0.6 is 0 Å². The third-order valence-electron chi connectivity index (χ3n) is 3.88. The molecule has 0 bridgehead atoms. The first kappa shape index (κ1) is 18.3. The Bertz CT molecular complexity index is 757. The zero-order valence-electron chi connectivity index (χ0n) is 14.5. The van der Waals surface area contributed by atoms with Crippen molar-refractivity contribution in [1.29, 1.82) is 0 Å². The molecule has 0 spiro atoms. The summed E-state index contributed by atoms with van der Waals surface area (Å²) >= 11 is 0. The van der Waals surface area contributed by atoms with Gasteiger partial charge in [0.25, 0.3) is 0 Å². The summed E-state index contributed by atoms with van der Waals surface area (Å²) in [4.78, 5) is 24.1. The molecule has 0 unspecified atom stereocenters. The smallest absolute Gasteiger partial charge is 0.313 e. The van der Waals surface area contributed by atoms with E-state index in [4.69, 9.17) is 4.74 Å². The molecule has 0 saturated carbocycles. The van der Waals surface area contributed by atoms with E-state index < -0.39 is 17.9 Å². The van der Waals surface area contributed by atoms with Crippen LogP contribution in [-0.2, 0) is 16.0 Å². The molecule has 0 aliphatic carbocycles. The summed E-state index contributed by atoms with van der Waals surface area (Å²) in [5.74, 6) is -0.980. The Morgan fingerprint density at radius 1 is 1.12 bits per heavy atom. The number of benzene rings is 2. The summed E-state index contributed by atoms with van der Waals surface area (Å²) in [5, 5.41) is 15.0. The van der Waals surface area contributed by atoms with Gasteiger partial charge in [0.05, 0.1) is 13.2 Å². The predicted octanol–water partition coefficient (Wildman–Crippen LogP) is 2.78. The molecule has 0 radical (unpaired) electrons. The minimum Gasteiger partial charge on any atom is -0.508 e. The number of carbonyl (C=O) groups excluding carboxylic acids is 2. The van der Waals surface area contributed by atoms with Gasteiger partial charge < -0.3 is 20.5 Å². The number of hydrogen-bond donors (Lipinski definition) is 3. The lowest BCUT2D eigenvalue weighted by Gasteiger charge is -2.16. The molecule has 0 heterocycles. The molecule has 0 aliphatic heterocycles. The average molecular weight is 342 g/mol. The molecule has 2 rings (SSSR count). The third-order valence-corrected chi connectivity index (χ3v) is 3.88. The second kappa shape index (κ2) is 8.19.